The van der Waals surface area contributed by atoms with Gasteiger partial charge in [0.15, 0.2) is 0 Å². The summed E-state index contributed by atoms with van der Waals surface area (Å²) in [5.41, 5.74) is 3.61. The van der Waals surface area contributed by atoms with E-state index >= 15 is 0 Å². The van der Waals surface area contributed by atoms with Gasteiger partial charge in [-0.15, -0.1) is 6.58 Å². The summed E-state index contributed by atoms with van der Waals surface area (Å²) in [6.07, 6.45) is 1.69. The van der Waals surface area contributed by atoms with Gasteiger partial charge in [0.25, 0.3) is 5.91 Å². The number of carbonyl (C=O) groups is 1. The fourth-order valence-electron chi connectivity index (χ4n) is 1.10. The number of benzene rings is 1. The maximum absolute atomic E-state index is 11.1. The SMILES string of the molecule is C=CCOCc1ccc(C(=O)NN)cc1. The summed E-state index contributed by atoms with van der Waals surface area (Å²) in [4.78, 5) is 11.1. The summed E-state index contributed by atoms with van der Waals surface area (Å²) in [7, 11) is 0. The zero-order valence-electron chi connectivity index (χ0n) is 8.40. The van der Waals surface area contributed by atoms with E-state index < -0.39 is 0 Å². The predicted molar refractivity (Wildman–Crippen MR) is 57.9 cm³/mol. The van der Waals surface area contributed by atoms with Crippen molar-refractivity contribution in [2.45, 2.75) is 6.61 Å². The van der Waals surface area contributed by atoms with Gasteiger partial charge in [-0.3, -0.25) is 10.2 Å². The van der Waals surface area contributed by atoms with Crippen molar-refractivity contribution in [1.82, 2.24) is 5.43 Å². The minimum absolute atomic E-state index is 0.298. The Labute approximate surface area is 88.7 Å². The first kappa shape index (κ1) is 11.4. The van der Waals surface area contributed by atoms with Crippen molar-refractivity contribution < 1.29 is 9.53 Å². The number of rotatable bonds is 5. The number of hydrogen-bond acceptors (Lipinski definition) is 3. The molecular formula is C11H14N2O2. The molecule has 0 aromatic heterocycles. The summed E-state index contributed by atoms with van der Waals surface area (Å²) in [6, 6.07) is 7.06. The molecule has 1 aromatic carbocycles. The molecule has 0 unspecified atom stereocenters. The minimum atomic E-state index is -0.298. The van der Waals surface area contributed by atoms with Crippen LogP contribution in [0.3, 0.4) is 0 Å². The summed E-state index contributed by atoms with van der Waals surface area (Å²) in [5, 5.41) is 0. The summed E-state index contributed by atoms with van der Waals surface area (Å²) < 4.78 is 5.25. The van der Waals surface area contributed by atoms with E-state index in [4.69, 9.17) is 10.6 Å². The second-order valence-corrected chi connectivity index (χ2v) is 2.97. The lowest BCUT2D eigenvalue weighted by Crippen LogP contribution is -2.29. The molecule has 0 spiro atoms. The Bertz CT molecular complexity index is 333. The first-order chi connectivity index (χ1) is 7.27. The van der Waals surface area contributed by atoms with Crippen LogP contribution in [-0.2, 0) is 11.3 Å². The second-order valence-electron chi connectivity index (χ2n) is 2.97. The van der Waals surface area contributed by atoms with E-state index in [1.807, 2.05) is 12.1 Å². The van der Waals surface area contributed by atoms with Crippen LogP contribution in [0, 0.1) is 0 Å². The third-order valence-electron chi connectivity index (χ3n) is 1.85. The first-order valence-corrected chi connectivity index (χ1v) is 4.56. The number of nitrogens with one attached hydrogen (secondary N) is 1. The van der Waals surface area contributed by atoms with Crippen LogP contribution in [0.4, 0.5) is 0 Å². The monoisotopic (exact) mass is 206 g/mol. The molecule has 0 atom stereocenters. The van der Waals surface area contributed by atoms with E-state index in [2.05, 4.69) is 12.0 Å². The zero-order valence-corrected chi connectivity index (χ0v) is 8.40. The molecule has 0 saturated heterocycles. The molecule has 80 valence electrons. The maximum atomic E-state index is 11.1. The van der Waals surface area contributed by atoms with Crippen molar-refractivity contribution in [3.63, 3.8) is 0 Å². The summed E-state index contributed by atoms with van der Waals surface area (Å²) >= 11 is 0. The van der Waals surface area contributed by atoms with Crippen LogP contribution < -0.4 is 11.3 Å². The van der Waals surface area contributed by atoms with Gasteiger partial charge in [0, 0.05) is 5.56 Å². The van der Waals surface area contributed by atoms with Crippen LogP contribution in [0.25, 0.3) is 0 Å². The van der Waals surface area contributed by atoms with Gasteiger partial charge < -0.3 is 4.74 Å². The molecular weight excluding hydrogens is 192 g/mol. The smallest absolute Gasteiger partial charge is 0.265 e. The highest BCUT2D eigenvalue weighted by Gasteiger charge is 2.02. The molecule has 0 radical (unpaired) electrons. The van der Waals surface area contributed by atoms with Crippen LogP contribution in [0.1, 0.15) is 15.9 Å². The van der Waals surface area contributed by atoms with Crippen molar-refractivity contribution in [3.05, 3.63) is 48.0 Å². The maximum Gasteiger partial charge on any atom is 0.265 e. The number of amides is 1. The van der Waals surface area contributed by atoms with Gasteiger partial charge in [-0.1, -0.05) is 18.2 Å². The Morgan fingerprint density at radius 3 is 2.67 bits per heavy atom. The van der Waals surface area contributed by atoms with Crippen molar-refractivity contribution >= 4 is 5.91 Å². The number of hydrogen-bond donors (Lipinski definition) is 2. The van der Waals surface area contributed by atoms with Crippen LogP contribution in [0.2, 0.25) is 0 Å². The number of carbonyl (C=O) groups excluding carboxylic acids is 1. The number of ether oxygens (including phenoxy) is 1. The van der Waals surface area contributed by atoms with Gasteiger partial charge >= 0.3 is 0 Å². The van der Waals surface area contributed by atoms with Crippen LogP contribution >= 0.6 is 0 Å². The first-order valence-electron chi connectivity index (χ1n) is 4.56. The Morgan fingerprint density at radius 2 is 2.13 bits per heavy atom. The fourth-order valence-corrected chi connectivity index (χ4v) is 1.10. The topological polar surface area (TPSA) is 64.3 Å². The highest BCUT2D eigenvalue weighted by Crippen LogP contribution is 2.05. The normalized spacial score (nSPS) is 9.67. The van der Waals surface area contributed by atoms with Gasteiger partial charge in [-0.25, -0.2) is 5.84 Å². The zero-order chi connectivity index (χ0) is 11.1. The fraction of sp³-hybridized carbons (Fsp3) is 0.182. The standard InChI is InChI=1S/C11H14N2O2/c1-2-7-15-8-9-3-5-10(6-4-9)11(14)13-12/h2-6H,1,7-8,12H2,(H,13,14). The molecule has 0 bridgehead atoms. The van der Waals surface area contributed by atoms with E-state index in [9.17, 15) is 4.79 Å². The Kier molecular flexibility index (Phi) is 4.53. The average molecular weight is 206 g/mol. The Morgan fingerprint density at radius 1 is 1.47 bits per heavy atom. The highest BCUT2D eigenvalue weighted by atomic mass is 16.5. The molecule has 1 aromatic rings. The number of hydrazine groups is 1. The molecule has 0 aliphatic carbocycles. The molecule has 0 fully saturated rings. The molecule has 0 heterocycles. The predicted octanol–water partition coefficient (Wildman–Crippen LogP) is 0.993. The van der Waals surface area contributed by atoms with Crippen molar-refractivity contribution in [3.8, 4) is 0 Å². The van der Waals surface area contributed by atoms with Crippen LogP contribution in [0.15, 0.2) is 36.9 Å². The van der Waals surface area contributed by atoms with Crippen LogP contribution in [0.5, 0.6) is 0 Å². The molecule has 4 heteroatoms. The van der Waals surface area contributed by atoms with E-state index in [0.717, 1.165) is 5.56 Å². The Hall–Kier alpha value is -1.65. The quantitative estimate of drug-likeness (QED) is 0.248. The molecule has 0 aliphatic rings. The highest BCUT2D eigenvalue weighted by molar-refractivity contribution is 5.93. The lowest BCUT2D eigenvalue weighted by Gasteiger charge is -2.03. The van der Waals surface area contributed by atoms with Crippen molar-refractivity contribution in [1.29, 1.82) is 0 Å². The largest absolute Gasteiger partial charge is 0.373 e. The molecule has 1 rings (SSSR count). The molecule has 1 amide bonds. The minimum Gasteiger partial charge on any atom is -0.373 e. The Balaban J connectivity index is 2.56. The molecule has 3 N–H and O–H groups in total. The van der Waals surface area contributed by atoms with Crippen molar-refractivity contribution in [2.24, 2.45) is 5.84 Å². The number of nitrogen functional groups attached to an aromatic ring is 1. The van der Waals surface area contributed by atoms with Crippen molar-refractivity contribution in [2.75, 3.05) is 6.61 Å². The molecule has 0 aliphatic heterocycles. The van der Waals surface area contributed by atoms with Gasteiger partial charge in [-0.2, -0.15) is 0 Å². The van der Waals surface area contributed by atoms with Gasteiger partial charge in [0.2, 0.25) is 0 Å². The molecule has 4 nitrogen and oxygen atoms in total. The van der Waals surface area contributed by atoms with Gasteiger partial charge in [-0.05, 0) is 17.7 Å². The van der Waals surface area contributed by atoms with E-state index in [1.165, 1.54) is 0 Å². The molecule has 15 heavy (non-hydrogen) atoms. The van der Waals surface area contributed by atoms with Gasteiger partial charge in [0.05, 0.1) is 13.2 Å². The molecule has 0 saturated carbocycles. The van der Waals surface area contributed by atoms with E-state index in [-0.39, 0.29) is 5.91 Å². The summed E-state index contributed by atoms with van der Waals surface area (Å²) in [5.74, 6) is 4.71. The van der Waals surface area contributed by atoms with E-state index in [1.54, 1.807) is 18.2 Å². The lowest BCUT2D eigenvalue weighted by atomic mass is 10.1. The van der Waals surface area contributed by atoms with E-state index in [0.29, 0.717) is 18.8 Å². The number of nitrogens with two attached hydrogens (primary N) is 1. The van der Waals surface area contributed by atoms with Gasteiger partial charge in [0.1, 0.15) is 0 Å². The summed E-state index contributed by atoms with van der Waals surface area (Å²) in [6.45, 7) is 4.58. The lowest BCUT2D eigenvalue weighted by molar-refractivity contribution is 0.0953. The second kappa shape index (κ2) is 5.95. The third kappa shape index (κ3) is 3.53. The van der Waals surface area contributed by atoms with Crippen LogP contribution in [-0.4, -0.2) is 12.5 Å². The third-order valence-corrected chi connectivity index (χ3v) is 1.85. The average Bonchev–Trinajstić information content (AvgIpc) is 2.29.